The first kappa shape index (κ1) is 24.7. The number of halogens is 1. The van der Waals surface area contributed by atoms with Crippen molar-refractivity contribution < 1.29 is 13.5 Å². The molecule has 11 heteroatoms. The lowest BCUT2D eigenvalue weighted by atomic mass is 10.1. The molecule has 0 aliphatic carbocycles. The predicted molar refractivity (Wildman–Crippen MR) is 127 cm³/mol. The van der Waals surface area contributed by atoms with Crippen LogP contribution in [0, 0.1) is 0 Å². The van der Waals surface area contributed by atoms with Gasteiger partial charge in [0.1, 0.15) is 5.82 Å². The van der Waals surface area contributed by atoms with Crippen LogP contribution >= 0.6 is 15.9 Å². The molecule has 0 radical (unpaired) electrons. The second-order valence-electron chi connectivity index (χ2n) is 8.35. The molecule has 166 valence electrons. The Morgan fingerprint density at radius 1 is 1.17 bits per heavy atom. The van der Waals surface area contributed by atoms with Gasteiger partial charge in [0.15, 0.2) is 0 Å². The number of aliphatic hydroxyl groups is 1. The van der Waals surface area contributed by atoms with Crippen LogP contribution in [-0.2, 0) is 20.7 Å². The lowest BCUT2D eigenvalue weighted by molar-refractivity contribution is 0.0944. The Morgan fingerprint density at radius 3 is 2.30 bits per heavy atom. The summed E-state index contributed by atoms with van der Waals surface area (Å²) in [4.78, 5) is 9.48. The fourth-order valence-electron chi connectivity index (χ4n) is 2.02. The number of benzene rings is 1. The van der Waals surface area contributed by atoms with Crippen molar-refractivity contribution in [1.29, 1.82) is 0 Å². The van der Waals surface area contributed by atoms with Gasteiger partial charge in [-0.1, -0.05) is 10.7 Å². The molecule has 0 fully saturated rings. The molecule has 30 heavy (non-hydrogen) atoms. The maximum atomic E-state index is 12.3. The second kappa shape index (κ2) is 9.29. The van der Waals surface area contributed by atoms with Crippen LogP contribution in [0.1, 0.15) is 34.6 Å². The van der Waals surface area contributed by atoms with Gasteiger partial charge < -0.3 is 15.7 Å². The summed E-state index contributed by atoms with van der Waals surface area (Å²) in [6, 6.07) is 7.32. The van der Waals surface area contributed by atoms with Crippen LogP contribution in [-0.4, -0.2) is 46.6 Å². The highest BCUT2D eigenvalue weighted by atomic mass is 79.9. The summed E-state index contributed by atoms with van der Waals surface area (Å²) in [7, 11) is -4.34. The maximum absolute atomic E-state index is 12.3. The summed E-state index contributed by atoms with van der Waals surface area (Å²) < 4.78 is 28.4. The van der Waals surface area contributed by atoms with Gasteiger partial charge in [-0.3, -0.25) is 0 Å². The smallest absolute Gasteiger partial charge is 0.263 e. The zero-order valence-electron chi connectivity index (χ0n) is 17.9. The molecule has 1 aromatic heterocycles. The Kier molecular flexibility index (Phi) is 7.65. The van der Waals surface area contributed by atoms with Gasteiger partial charge in [0, 0.05) is 23.3 Å². The molecule has 2 aromatic rings. The molecule has 0 saturated carbocycles. The van der Waals surface area contributed by atoms with Crippen molar-refractivity contribution >= 4 is 54.1 Å². The van der Waals surface area contributed by atoms with Gasteiger partial charge >= 0.3 is 0 Å². The van der Waals surface area contributed by atoms with E-state index in [1.807, 2.05) is 24.3 Å². The van der Waals surface area contributed by atoms with Crippen LogP contribution in [0.2, 0.25) is 0 Å². The van der Waals surface area contributed by atoms with E-state index in [0.29, 0.717) is 22.8 Å². The average Bonchev–Trinajstić information content (AvgIpc) is 2.60. The highest BCUT2D eigenvalue weighted by molar-refractivity contribution is 9.10. The molecule has 2 rings (SSSR count). The van der Waals surface area contributed by atoms with Crippen molar-refractivity contribution in [3.8, 4) is 0 Å². The Balaban J connectivity index is 2.16. The third kappa shape index (κ3) is 7.00. The largest absolute Gasteiger partial charge is 0.389 e. The molecule has 1 atom stereocenters. The third-order valence-electron chi connectivity index (χ3n) is 3.87. The molecule has 8 nitrogen and oxygen atoms in total. The highest BCUT2D eigenvalue weighted by Gasteiger charge is 2.28. The van der Waals surface area contributed by atoms with E-state index in [-0.39, 0.29) is 0 Å². The molecule has 3 N–H and O–H groups in total. The zero-order valence-corrected chi connectivity index (χ0v) is 21.1. The number of anilines is 3. The Bertz CT molecular complexity index is 1030. The van der Waals surface area contributed by atoms with Crippen LogP contribution in [0.15, 0.2) is 43.6 Å². The summed E-state index contributed by atoms with van der Waals surface area (Å²) in [5.74, 6) is 0.951. The molecular weight excluding hydrogens is 490 g/mol. The molecule has 0 aliphatic rings. The van der Waals surface area contributed by atoms with E-state index in [1.54, 1.807) is 47.1 Å². The molecule has 0 saturated heterocycles. The molecular formula is C19H28BrN5O3S2. The van der Waals surface area contributed by atoms with E-state index in [2.05, 4.69) is 40.3 Å². The summed E-state index contributed by atoms with van der Waals surface area (Å²) in [5, 5.41) is 16.1. The van der Waals surface area contributed by atoms with Crippen molar-refractivity contribution in [2.45, 2.75) is 49.9 Å². The number of sulfonamides is 1. The first-order valence-electron chi connectivity index (χ1n) is 9.17. The minimum atomic E-state index is -3.56. The predicted octanol–water partition coefficient (Wildman–Crippen LogP) is 4.08. The van der Waals surface area contributed by atoms with Gasteiger partial charge in [-0.15, -0.1) is 3.77 Å². The molecule has 0 bridgehead atoms. The normalized spacial score (nSPS) is 13.9. The monoisotopic (exact) mass is 517 g/mol. The maximum Gasteiger partial charge on any atom is 0.263 e. The Labute approximate surface area is 189 Å². The number of hydrogen-bond acceptors (Lipinski definition) is 7. The number of rotatable bonds is 7. The quantitative estimate of drug-likeness (QED) is 0.506. The van der Waals surface area contributed by atoms with E-state index < -0.39 is 31.1 Å². The number of nitrogens with zero attached hydrogens (tertiary/aromatic N) is 3. The van der Waals surface area contributed by atoms with E-state index in [9.17, 15) is 13.5 Å². The van der Waals surface area contributed by atoms with Gasteiger partial charge in [-0.05, 0) is 81.1 Å². The Hall–Kier alpha value is -1.56. The van der Waals surface area contributed by atoms with Crippen molar-refractivity contribution in [2.24, 2.45) is 3.77 Å². The van der Waals surface area contributed by atoms with Crippen molar-refractivity contribution in [3.05, 3.63) is 34.9 Å². The minimum absolute atomic E-state index is 0.330. The van der Waals surface area contributed by atoms with Gasteiger partial charge in [0.2, 0.25) is 5.95 Å². The van der Waals surface area contributed by atoms with Crippen LogP contribution in [0.5, 0.6) is 0 Å². The first-order chi connectivity index (χ1) is 13.7. The van der Waals surface area contributed by atoms with Crippen LogP contribution < -0.4 is 10.6 Å². The van der Waals surface area contributed by atoms with E-state index in [1.165, 1.54) is 0 Å². The first-order valence-corrected chi connectivity index (χ1v) is 13.0. The summed E-state index contributed by atoms with van der Waals surface area (Å²) in [6.45, 7) is 8.65. The molecule has 1 aromatic carbocycles. The Morgan fingerprint density at radius 2 is 1.77 bits per heavy atom. The van der Waals surface area contributed by atoms with E-state index >= 15 is 0 Å². The van der Waals surface area contributed by atoms with Gasteiger partial charge in [0.25, 0.3) is 10.0 Å². The van der Waals surface area contributed by atoms with Crippen molar-refractivity contribution in [2.75, 3.05) is 23.4 Å². The fourth-order valence-corrected chi connectivity index (χ4v) is 5.30. The van der Waals surface area contributed by atoms with E-state index in [4.69, 9.17) is 0 Å². The van der Waals surface area contributed by atoms with Gasteiger partial charge in [-0.25, -0.2) is 13.4 Å². The SMILES string of the molecule is CS(=NS(=O)(=O)C(C)(C)C)c1ccc(Nc2ncc(Br)c(NCC(C)(C)O)n2)cc1. The zero-order chi connectivity index (χ0) is 22.7. The van der Waals surface area contributed by atoms with E-state index in [0.717, 1.165) is 10.6 Å². The molecule has 0 spiro atoms. The second-order valence-corrected chi connectivity index (χ2v) is 13.4. The van der Waals surface area contributed by atoms with Crippen LogP contribution in [0.4, 0.5) is 17.5 Å². The topological polar surface area (TPSA) is 117 Å². The number of aromatic nitrogens is 2. The van der Waals surface area contributed by atoms with Crippen molar-refractivity contribution in [3.63, 3.8) is 0 Å². The number of nitrogens with one attached hydrogen (secondary N) is 2. The molecule has 0 aliphatic heterocycles. The third-order valence-corrected chi connectivity index (χ3v) is 8.63. The summed E-state index contributed by atoms with van der Waals surface area (Å²) in [5.41, 5.74) is -0.123. The minimum Gasteiger partial charge on any atom is -0.389 e. The van der Waals surface area contributed by atoms with Crippen molar-refractivity contribution in [1.82, 2.24) is 9.97 Å². The standard InChI is InChI=1S/C19H28BrN5O3S2/c1-18(2,3)30(27,28)25-29(6)14-9-7-13(8-10-14)23-17-21-11-15(20)16(24-17)22-12-19(4,5)26/h7-11,26H,12H2,1-6H3,(H2,21,22,23,24). The lowest BCUT2D eigenvalue weighted by Gasteiger charge is -2.19. The lowest BCUT2D eigenvalue weighted by Crippen LogP contribution is -2.29. The molecule has 1 heterocycles. The summed E-state index contributed by atoms with van der Waals surface area (Å²) in [6.07, 6.45) is 3.40. The average molecular weight is 519 g/mol. The fraction of sp³-hybridized carbons (Fsp3) is 0.474. The molecule has 0 amide bonds. The molecule has 1 unspecified atom stereocenters. The van der Waals surface area contributed by atoms with Crippen LogP contribution in [0.3, 0.4) is 0 Å². The van der Waals surface area contributed by atoms with Gasteiger partial charge in [-0.2, -0.15) is 4.98 Å². The number of hydrogen-bond donors (Lipinski definition) is 3. The summed E-state index contributed by atoms with van der Waals surface area (Å²) >= 11 is 3.39. The van der Waals surface area contributed by atoms with Crippen LogP contribution in [0.25, 0.3) is 0 Å². The van der Waals surface area contributed by atoms with Gasteiger partial charge in [0.05, 0.1) is 14.8 Å². The highest BCUT2D eigenvalue weighted by Crippen LogP contribution is 2.24.